The molecule has 0 spiro atoms. The summed E-state index contributed by atoms with van der Waals surface area (Å²) in [5.74, 6) is 0. The van der Waals surface area contributed by atoms with Crippen LogP contribution < -0.4 is 0 Å². The molecule has 72 valence electrons. The van der Waals surface area contributed by atoms with Gasteiger partial charge in [-0.25, -0.2) is 0 Å². The lowest BCUT2D eigenvalue weighted by Gasteiger charge is -2.38. The number of hydrogen-bond acceptors (Lipinski definition) is 5. The van der Waals surface area contributed by atoms with Crippen molar-refractivity contribution in [2.24, 2.45) is 0 Å². The van der Waals surface area contributed by atoms with Gasteiger partial charge >= 0.3 is 0 Å². The number of hydrogen-bond donors (Lipinski definition) is 3. The first kappa shape index (κ1) is 9.88. The maximum Gasteiger partial charge on any atom is 0.183 e. The average Bonchev–Trinajstić information content (AvgIpc) is 2.02. The van der Waals surface area contributed by atoms with E-state index in [1.165, 1.54) is 7.11 Å². The standard InChI is InChI=1S/C7H14O5/c1-3-4(8)6(11-2)5(9)7(10)12-3/h3-10H,1-2H3/t3-,4+,5-,6+,7+/m1/s1. The zero-order valence-corrected chi connectivity index (χ0v) is 7.04. The molecule has 12 heavy (non-hydrogen) atoms. The van der Waals surface area contributed by atoms with E-state index in [9.17, 15) is 10.2 Å². The molecule has 1 fully saturated rings. The third kappa shape index (κ3) is 1.60. The van der Waals surface area contributed by atoms with Crippen LogP contribution in [0.15, 0.2) is 0 Å². The molecule has 3 N–H and O–H groups in total. The molecule has 0 aromatic rings. The number of methoxy groups -OCH3 is 1. The van der Waals surface area contributed by atoms with Crippen LogP contribution in [0.5, 0.6) is 0 Å². The van der Waals surface area contributed by atoms with Crippen molar-refractivity contribution in [2.45, 2.75) is 37.6 Å². The highest BCUT2D eigenvalue weighted by atomic mass is 16.6. The molecule has 5 heteroatoms. The summed E-state index contributed by atoms with van der Waals surface area (Å²) in [6.07, 6.45) is -4.71. The van der Waals surface area contributed by atoms with E-state index in [-0.39, 0.29) is 0 Å². The lowest BCUT2D eigenvalue weighted by molar-refractivity contribution is -0.282. The van der Waals surface area contributed by atoms with Gasteiger partial charge in [-0.15, -0.1) is 0 Å². The van der Waals surface area contributed by atoms with E-state index in [0.29, 0.717) is 0 Å². The van der Waals surface area contributed by atoms with Crippen LogP contribution >= 0.6 is 0 Å². The second-order valence-corrected chi connectivity index (χ2v) is 2.91. The topological polar surface area (TPSA) is 79.2 Å². The molecule has 0 radical (unpaired) electrons. The summed E-state index contributed by atoms with van der Waals surface area (Å²) in [7, 11) is 1.36. The smallest absolute Gasteiger partial charge is 0.183 e. The molecule has 1 rings (SSSR count). The van der Waals surface area contributed by atoms with Gasteiger partial charge in [0.25, 0.3) is 0 Å². The zero-order chi connectivity index (χ0) is 9.30. The summed E-state index contributed by atoms with van der Waals surface area (Å²) in [5, 5.41) is 27.8. The Hall–Kier alpha value is -0.200. The van der Waals surface area contributed by atoms with Gasteiger partial charge in [0.1, 0.15) is 18.3 Å². The maximum atomic E-state index is 9.40. The SMILES string of the molecule is CO[C@H]1[C@@H](O)[C@@H](C)O[C@H](O)[C@@H]1O. The molecule has 1 saturated heterocycles. The van der Waals surface area contributed by atoms with Crippen molar-refractivity contribution < 1.29 is 24.8 Å². The van der Waals surface area contributed by atoms with Gasteiger partial charge in [0.2, 0.25) is 0 Å². The third-order valence-corrected chi connectivity index (χ3v) is 2.07. The molecule has 0 aromatic heterocycles. The first-order chi connectivity index (χ1) is 5.57. The molecule has 0 saturated carbocycles. The molecule has 5 atom stereocenters. The van der Waals surface area contributed by atoms with Gasteiger partial charge in [0.05, 0.1) is 6.10 Å². The summed E-state index contributed by atoms with van der Waals surface area (Å²) in [4.78, 5) is 0. The van der Waals surface area contributed by atoms with E-state index in [4.69, 9.17) is 14.6 Å². The van der Waals surface area contributed by atoms with E-state index < -0.39 is 30.7 Å². The lowest BCUT2D eigenvalue weighted by atomic mass is 10.00. The van der Waals surface area contributed by atoms with Crippen molar-refractivity contribution in [1.82, 2.24) is 0 Å². The summed E-state index contributed by atoms with van der Waals surface area (Å²) in [6, 6.07) is 0. The van der Waals surface area contributed by atoms with Crippen LogP contribution in [0.3, 0.4) is 0 Å². The molecule has 0 bridgehead atoms. The quantitative estimate of drug-likeness (QED) is 0.453. The fraction of sp³-hybridized carbons (Fsp3) is 1.00. The summed E-state index contributed by atoms with van der Waals surface area (Å²) >= 11 is 0. The Morgan fingerprint density at radius 3 is 2.25 bits per heavy atom. The Balaban J connectivity index is 2.67. The molecule has 1 heterocycles. The van der Waals surface area contributed by atoms with E-state index >= 15 is 0 Å². The van der Waals surface area contributed by atoms with E-state index in [0.717, 1.165) is 0 Å². The van der Waals surface area contributed by atoms with E-state index in [1.54, 1.807) is 6.92 Å². The Kier molecular flexibility index (Phi) is 3.03. The van der Waals surface area contributed by atoms with Crippen LogP contribution in [0, 0.1) is 0 Å². The molecule has 0 aromatic carbocycles. The molecular weight excluding hydrogens is 164 g/mol. The van der Waals surface area contributed by atoms with Crippen LogP contribution in [0.2, 0.25) is 0 Å². The van der Waals surface area contributed by atoms with Crippen molar-refractivity contribution in [3.05, 3.63) is 0 Å². The number of aliphatic hydroxyl groups is 3. The molecular formula is C7H14O5. The molecule has 5 nitrogen and oxygen atoms in total. The fourth-order valence-corrected chi connectivity index (χ4v) is 1.29. The average molecular weight is 178 g/mol. The highest BCUT2D eigenvalue weighted by molar-refractivity contribution is 4.87. The summed E-state index contributed by atoms with van der Waals surface area (Å²) < 4.78 is 9.63. The predicted octanol–water partition coefficient (Wildman–Crippen LogP) is -1.54. The first-order valence-electron chi connectivity index (χ1n) is 3.80. The maximum absolute atomic E-state index is 9.40. The normalized spacial score (nSPS) is 49.2. The van der Waals surface area contributed by atoms with Gasteiger partial charge in [-0.2, -0.15) is 0 Å². The molecule has 0 amide bonds. The second-order valence-electron chi connectivity index (χ2n) is 2.91. The Bertz CT molecular complexity index is 137. The van der Waals surface area contributed by atoms with Crippen LogP contribution in [-0.2, 0) is 9.47 Å². The molecule has 0 aliphatic carbocycles. The minimum atomic E-state index is -1.28. The van der Waals surface area contributed by atoms with Crippen molar-refractivity contribution in [3.63, 3.8) is 0 Å². The number of aliphatic hydroxyl groups excluding tert-OH is 3. The number of ether oxygens (including phenoxy) is 2. The Morgan fingerprint density at radius 1 is 1.17 bits per heavy atom. The Morgan fingerprint density at radius 2 is 1.75 bits per heavy atom. The lowest BCUT2D eigenvalue weighted by Crippen LogP contribution is -2.57. The van der Waals surface area contributed by atoms with Crippen LogP contribution in [0.1, 0.15) is 6.92 Å². The second kappa shape index (κ2) is 3.68. The van der Waals surface area contributed by atoms with E-state index in [1.807, 2.05) is 0 Å². The predicted molar refractivity (Wildman–Crippen MR) is 39.4 cm³/mol. The molecule has 0 unspecified atom stereocenters. The summed E-state index contributed by atoms with van der Waals surface area (Å²) in [6.45, 7) is 1.60. The first-order valence-corrected chi connectivity index (χ1v) is 3.80. The third-order valence-electron chi connectivity index (χ3n) is 2.07. The van der Waals surface area contributed by atoms with E-state index in [2.05, 4.69) is 0 Å². The van der Waals surface area contributed by atoms with Crippen LogP contribution in [0.4, 0.5) is 0 Å². The van der Waals surface area contributed by atoms with Gasteiger partial charge < -0.3 is 24.8 Å². The minimum Gasteiger partial charge on any atom is -0.388 e. The van der Waals surface area contributed by atoms with Gasteiger partial charge in [-0.3, -0.25) is 0 Å². The van der Waals surface area contributed by atoms with Crippen molar-refractivity contribution in [3.8, 4) is 0 Å². The number of rotatable bonds is 1. The molecule has 1 aliphatic rings. The van der Waals surface area contributed by atoms with Crippen molar-refractivity contribution in [1.29, 1.82) is 0 Å². The zero-order valence-electron chi connectivity index (χ0n) is 7.04. The highest BCUT2D eigenvalue weighted by Gasteiger charge is 2.42. The monoisotopic (exact) mass is 178 g/mol. The molecule has 1 aliphatic heterocycles. The van der Waals surface area contributed by atoms with Crippen molar-refractivity contribution >= 4 is 0 Å². The van der Waals surface area contributed by atoms with Gasteiger partial charge in [0.15, 0.2) is 6.29 Å². The van der Waals surface area contributed by atoms with Crippen LogP contribution in [0.25, 0.3) is 0 Å². The van der Waals surface area contributed by atoms with Gasteiger partial charge in [-0.05, 0) is 6.92 Å². The summed E-state index contributed by atoms with van der Waals surface area (Å²) in [5.41, 5.74) is 0. The minimum absolute atomic E-state index is 0.534. The Labute approximate surface area is 70.5 Å². The van der Waals surface area contributed by atoms with Gasteiger partial charge in [0, 0.05) is 7.11 Å². The van der Waals surface area contributed by atoms with Crippen LogP contribution in [-0.4, -0.2) is 53.1 Å². The highest BCUT2D eigenvalue weighted by Crippen LogP contribution is 2.21. The fourth-order valence-electron chi connectivity index (χ4n) is 1.29. The largest absolute Gasteiger partial charge is 0.388 e. The van der Waals surface area contributed by atoms with Gasteiger partial charge in [-0.1, -0.05) is 0 Å². The van der Waals surface area contributed by atoms with Crippen molar-refractivity contribution in [2.75, 3.05) is 7.11 Å².